The van der Waals surface area contributed by atoms with Crippen molar-refractivity contribution in [3.63, 3.8) is 0 Å². The summed E-state index contributed by atoms with van der Waals surface area (Å²) in [5.41, 5.74) is 1.53. The second kappa shape index (κ2) is 4.67. The fourth-order valence-corrected chi connectivity index (χ4v) is 2.36. The minimum absolute atomic E-state index is 0.450. The van der Waals surface area contributed by atoms with Gasteiger partial charge in [-0.3, -0.25) is 0 Å². The zero-order valence-corrected chi connectivity index (χ0v) is 10.6. The highest BCUT2D eigenvalue weighted by molar-refractivity contribution is 5.54. The molecular weight excluding hydrogens is 214 g/mol. The van der Waals surface area contributed by atoms with Crippen LogP contribution in [0.15, 0.2) is 24.3 Å². The van der Waals surface area contributed by atoms with Gasteiger partial charge in [0.1, 0.15) is 0 Å². The Labute approximate surface area is 103 Å². The van der Waals surface area contributed by atoms with Crippen LogP contribution in [0.4, 0.5) is 5.69 Å². The van der Waals surface area contributed by atoms with Crippen molar-refractivity contribution in [1.82, 2.24) is 0 Å². The fraction of sp³-hybridized carbons (Fsp3) is 0.571. The number of aliphatic hydroxyl groups is 2. The molecule has 2 rings (SSSR count). The molecule has 3 heteroatoms. The average molecular weight is 235 g/mol. The second-order valence-corrected chi connectivity index (χ2v) is 5.22. The number of rotatable bonds is 2. The molecule has 94 valence electrons. The van der Waals surface area contributed by atoms with Crippen LogP contribution in [-0.2, 0) is 0 Å². The van der Waals surface area contributed by atoms with Crippen molar-refractivity contribution >= 4 is 5.69 Å². The molecule has 17 heavy (non-hydrogen) atoms. The minimum atomic E-state index is -0.531. The maximum absolute atomic E-state index is 9.94. The normalized spacial score (nSPS) is 21.3. The molecule has 0 bridgehead atoms. The van der Waals surface area contributed by atoms with E-state index in [0.29, 0.717) is 0 Å². The van der Waals surface area contributed by atoms with Gasteiger partial charge in [-0.25, -0.2) is 0 Å². The summed E-state index contributed by atoms with van der Waals surface area (Å²) in [5.74, 6) is 0. The van der Waals surface area contributed by atoms with Gasteiger partial charge in [0, 0.05) is 24.3 Å². The van der Waals surface area contributed by atoms with Gasteiger partial charge < -0.3 is 15.1 Å². The van der Waals surface area contributed by atoms with Gasteiger partial charge in [0.15, 0.2) is 0 Å². The first-order valence-electron chi connectivity index (χ1n) is 6.24. The van der Waals surface area contributed by atoms with E-state index in [-0.39, 0.29) is 0 Å². The van der Waals surface area contributed by atoms with Crippen molar-refractivity contribution in [3.8, 4) is 0 Å². The van der Waals surface area contributed by atoms with E-state index < -0.39 is 11.7 Å². The molecule has 1 aromatic rings. The van der Waals surface area contributed by atoms with E-state index >= 15 is 0 Å². The Kier molecular flexibility index (Phi) is 3.40. The number of anilines is 1. The summed E-state index contributed by atoms with van der Waals surface area (Å²) in [6.45, 7) is 5.37. The molecule has 1 saturated heterocycles. The number of para-hydroxylation sites is 1. The number of hydrogen-bond donors (Lipinski definition) is 2. The molecule has 2 N–H and O–H groups in total. The average Bonchev–Trinajstić information content (AvgIpc) is 2.29. The zero-order valence-electron chi connectivity index (χ0n) is 10.6. The van der Waals surface area contributed by atoms with Gasteiger partial charge in [0.2, 0.25) is 0 Å². The van der Waals surface area contributed by atoms with Crippen LogP contribution >= 0.6 is 0 Å². The Morgan fingerprint density at radius 1 is 1.24 bits per heavy atom. The van der Waals surface area contributed by atoms with Crippen molar-refractivity contribution in [2.24, 2.45) is 0 Å². The summed E-state index contributed by atoms with van der Waals surface area (Å²) >= 11 is 0. The van der Waals surface area contributed by atoms with Gasteiger partial charge in [-0.2, -0.15) is 0 Å². The molecule has 0 aromatic heterocycles. The van der Waals surface area contributed by atoms with E-state index in [9.17, 15) is 10.2 Å². The Hall–Kier alpha value is -1.06. The maximum atomic E-state index is 9.94. The summed E-state index contributed by atoms with van der Waals surface area (Å²) in [6.07, 6.45) is 1.11. The van der Waals surface area contributed by atoms with E-state index in [1.54, 1.807) is 6.92 Å². The monoisotopic (exact) mass is 235 g/mol. The van der Waals surface area contributed by atoms with E-state index in [1.807, 2.05) is 31.2 Å². The predicted octanol–water partition coefficient (Wildman–Crippen LogP) is 2.09. The van der Waals surface area contributed by atoms with Crippen LogP contribution in [0.25, 0.3) is 0 Å². The lowest BCUT2D eigenvalue weighted by Gasteiger charge is -2.38. The van der Waals surface area contributed by atoms with Gasteiger partial charge in [-0.1, -0.05) is 18.2 Å². The fourth-order valence-electron chi connectivity index (χ4n) is 2.36. The highest BCUT2D eigenvalue weighted by Crippen LogP contribution is 2.30. The van der Waals surface area contributed by atoms with Crippen molar-refractivity contribution < 1.29 is 10.2 Å². The number of aliphatic hydroxyl groups excluding tert-OH is 1. The molecule has 1 aromatic carbocycles. The largest absolute Gasteiger partial charge is 0.390 e. The van der Waals surface area contributed by atoms with Crippen LogP contribution in [0.3, 0.4) is 0 Å². The summed E-state index contributed by atoms with van der Waals surface area (Å²) < 4.78 is 0. The summed E-state index contributed by atoms with van der Waals surface area (Å²) in [7, 11) is 0. The zero-order chi connectivity index (χ0) is 12.5. The highest BCUT2D eigenvalue weighted by Gasteiger charge is 2.28. The molecule has 1 aliphatic rings. The molecule has 1 unspecified atom stereocenters. The lowest BCUT2D eigenvalue weighted by atomic mass is 9.93. The topological polar surface area (TPSA) is 43.7 Å². The van der Waals surface area contributed by atoms with E-state index in [4.69, 9.17) is 0 Å². The van der Waals surface area contributed by atoms with Gasteiger partial charge in [-0.05, 0) is 32.8 Å². The van der Waals surface area contributed by atoms with Gasteiger partial charge in [0.25, 0.3) is 0 Å². The van der Waals surface area contributed by atoms with Crippen molar-refractivity contribution in [2.45, 2.75) is 38.4 Å². The van der Waals surface area contributed by atoms with E-state index in [0.717, 1.165) is 37.2 Å². The number of benzene rings is 1. The molecule has 0 saturated carbocycles. The first kappa shape index (κ1) is 12.4. The van der Waals surface area contributed by atoms with Crippen LogP contribution < -0.4 is 4.90 Å². The van der Waals surface area contributed by atoms with E-state index in [1.165, 1.54) is 0 Å². The molecule has 0 radical (unpaired) electrons. The minimum Gasteiger partial charge on any atom is -0.390 e. The first-order valence-corrected chi connectivity index (χ1v) is 6.24. The molecule has 1 aliphatic heterocycles. The van der Waals surface area contributed by atoms with E-state index in [2.05, 4.69) is 4.90 Å². The van der Waals surface area contributed by atoms with Crippen molar-refractivity contribution in [2.75, 3.05) is 18.0 Å². The Morgan fingerprint density at radius 3 is 2.41 bits per heavy atom. The molecule has 0 amide bonds. The van der Waals surface area contributed by atoms with Crippen LogP contribution in [0.2, 0.25) is 0 Å². The highest BCUT2D eigenvalue weighted by atomic mass is 16.3. The maximum Gasteiger partial charge on any atom is 0.0781 e. The molecule has 0 spiro atoms. The lowest BCUT2D eigenvalue weighted by Crippen LogP contribution is -2.42. The number of hydrogen-bond acceptors (Lipinski definition) is 3. The van der Waals surface area contributed by atoms with Gasteiger partial charge in [0.05, 0.1) is 11.7 Å². The molecule has 3 nitrogen and oxygen atoms in total. The van der Waals surface area contributed by atoms with Crippen LogP contribution in [0.1, 0.15) is 38.4 Å². The molecule has 1 atom stereocenters. The SMILES string of the molecule is CC(O)c1ccccc1N1CCC(C)(O)CC1. The third-order valence-electron chi connectivity index (χ3n) is 3.57. The van der Waals surface area contributed by atoms with Crippen LogP contribution in [-0.4, -0.2) is 28.9 Å². The second-order valence-electron chi connectivity index (χ2n) is 5.22. The Balaban J connectivity index is 2.18. The first-order chi connectivity index (χ1) is 7.99. The van der Waals surface area contributed by atoms with Crippen LogP contribution in [0, 0.1) is 0 Å². The van der Waals surface area contributed by atoms with Crippen molar-refractivity contribution in [3.05, 3.63) is 29.8 Å². The number of nitrogens with zero attached hydrogens (tertiary/aromatic N) is 1. The predicted molar refractivity (Wildman–Crippen MR) is 69.1 cm³/mol. The standard InChI is InChI=1S/C14H21NO2/c1-11(16)12-5-3-4-6-13(12)15-9-7-14(2,17)8-10-15/h3-6,11,16-17H,7-10H2,1-2H3. The lowest BCUT2D eigenvalue weighted by molar-refractivity contribution is 0.0350. The Morgan fingerprint density at radius 2 is 1.82 bits per heavy atom. The molecular formula is C14H21NO2. The van der Waals surface area contributed by atoms with Gasteiger partial charge in [-0.15, -0.1) is 0 Å². The quantitative estimate of drug-likeness (QED) is 0.825. The van der Waals surface area contributed by atoms with Crippen molar-refractivity contribution in [1.29, 1.82) is 0 Å². The summed E-state index contributed by atoms with van der Waals surface area (Å²) in [5, 5.41) is 19.7. The number of piperidine rings is 1. The molecule has 1 fully saturated rings. The summed E-state index contributed by atoms with van der Waals surface area (Å²) in [4.78, 5) is 2.25. The molecule has 1 heterocycles. The summed E-state index contributed by atoms with van der Waals surface area (Å²) in [6, 6.07) is 7.95. The van der Waals surface area contributed by atoms with Crippen LogP contribution in [0.5, 0.6) is 0 Å². The van der Waals surface area contributed by atoms with Gasteiger partial charge >= 0.3 is 0 Å². The Bertz CT molecular complexity index is 378. The third-order valence-corrected chi connectivity index (χ3v) is 3.57. The smallest absolute Gasteiger partial charge is 0.0781 e. The molecule has 0 aliphatic carbocycles. The third kappa shape index (κ3) is 2.79.